The fraction of sp³-hybridized carbons (Fsp3) is 0.889. The third kappa shape index (κ3) is 3.43. The minimum Gasteiger partial charge on any atom is -0.386 e. The van der Waals surface area contributed by atoms with Crippen molar-refractivity contribution in [3.05, 3.63) is 0 Å². The van der Waals surface area contributed by atoms with E-state index < -0.39 is 16.3 Å². The second kappa shape index (κ2) is 5.11. The van der Waals surface area contributed by atoms with Crippen LogP contribution in [0.1, 0.15) is 26.7 Å². The Kier molecular flexibility index (Phi) is 4.28. The summed E-state index contributed by atoms with van der Waals surface area (Å²) in [6.07, 6.45) is 1.95. The van der Waals surface area contributed by atoms with E-state index >= 15 is 0 Å². The smallest absolute Gasteiger partial charge is 0.280 e. The predicted octanol–water partition coefficient (Wildman–Crippen LogP) is -0.123. The van der Waals surface area contributed by atoms with Crippen LogP contribution < -0.4 is 10.5 Å². The largest absolute Gasteiger partial charge is 0.386 e. The lowest BCUT2D eigenvalue weighted by atomic mass is 10.0. The van der Waals surface area contributed by atoms with E-state index in [1.165, 1.54) is 4.31 Å². The van der Waals surface area contributed by atoms with Gasteiger partial charge in [-0.15, -0.1) is 0 Å². The summed E-state index contributed by atoms with van der Waals surface area (Å²) in [5.41, 5.74) is 5.24. The van der Waals surface area contributed by atoms with Gasteiger partial charge in [-0.25, -0.2) is 0 Å². The first-order chi connectivity index (χ1) is 7.33. The summed E-state index contributed by atoms with van der Waals surface area (Å²) in [5.74, 6) is 0.214. The molecule has 94 valence electrons. The molecule has 2 unspecified atom stereocenters. The minimum absolute atomic E-state index is 0.173. The van der Waals surface area contributed by atoms with Gasteiger partial charge < -0.3 is 5.73 Å². The molecule has 6 nitrogen and oxygen atoms in total. The van der Waals surface area contributed by atoms with E-state index in [1.807, 2.05) is 6.92 Å². The average Bonchev–Trinajstić information content (AvgIpc) is 2.17. The summed E-state index contributed by atoms with van der Waals surface area (Å²) in [7, 11) is -3.50. The molecule has 0 aromatic heterocycles. The molecule has 0 spiro atoms. The zero-order valence-electron chi connectivity index (χ0n) is 9.73. The first-order valence-corrected chi connectivity index (χ1v) is 6.88. The Morgan fingerprint density at radius 2 is 2.25 bits per heavy atom. The highest BCUT2D eigenvalue weighted by atomic mass is 32.2. The zero-order chi connectivity index (χ0) is 12.3. The maximum Gasteiger partial charge on any atom is 0.280 e. The molecule has 1 aliphatic heterocycles. The SMILES string of the molecule is CC1CCCN(S(=O)(=O)NC(C)C(=N)N)C1. The van der Waals surface area contributed by atoms with Crippen LogP contribution >= 0.6 is 0 Å². The summed E-state index contributed by atoms with van der Waals surface area (Å²) in [6.45, 7) is 4.69. The maximum atomic E-state index is 11.9. The topological polar surface area (TPSA) is 99.3 Å². The van der Waals surface area contributed by atoms with Gasteiger partial charge in [0.25, 0.3) is 10.2 Å². The van der Waals surface area contributed by atoms with Crippen LogP contribution in [0.2, 0.25) is 0 Å². The molecule has 1 aliphatic rings. The normalized spacial score (nSPS) is 25.2. The van der Waals surface area contributed by atoms with Crippen LogP contribution in [0.3, 0.4) is 0 Å². The van der Waals surface area contributed by atoms with Crippen molar-refractivity contribution in [2.24, 2.45) is 11.7 Å². The molecule has 1 rings (SSSR count). The van der Waals surface area contributed by atoms with Crippen LogP contribution in [0.4, 0.5) is 0 Å². The molecule has 0 aromatic rings. The monoisotopic (exact) mass is 248 g/mol. The Hall–Kier alpha value is -0.660. The lowest BCUT2D eigenvalue weighted by Gasteiger charge is -2.30. The molecule has 0 aliphatic carbocycles. The van der Waals surface area contributed by atoms with Crippen LogP contribution in [0, 0.1) is 11.3 Å². The highest BCUT2D eigenvalue weighted by Gasteiger charge is 2.28. The third-order valence-corrected chi connectivity index (χ3v) is 4.41. The first-order valence-electron chi connectivity index (χ1n) is 5.44. The summed E-state index contributed by atoms with van der Waals surface area (Å²) in [5, 5.41) is 7.17. The Morgan fingerprint density at radius 3 is 2.75 bits per heavy atom. The molecule has 0 aromatic carbocycles. The Bertz CT molecular complexity index is 355. The molecular weight excluding hydrogens is 228 g/mol. The molecule has 0 amide bonds. The molecule has 1 fully saturated rings. The standard InChI is InChI=1S/C9H20N4O2S/c1-7-4-3-5-13(6-7)16(14,15)12-8(2)9(10)11/h7-8,12H,3-6H2,1-2H3,(H3,10,11). The van der Waals surface area contributed by atoms with Gasteiger partial charge in [-0.05, 0) is 25.7 Å². The molecule has 0 radical (unpaired) electrons. The summed E-state index contributed by atoms with van der Waals surface area (Å²) < 4.78 is 27.6. The predicted molar refractivity (Wildman–Crippen MR) is 63.4 cm³/mol. The molecule has 1 saturated heterocycles. The molecule has 1 heterocycles. The third-order valence-electron chi connectivity index (χ3n) is 2.75. The fourth-order valence-electron chi connectivity index (χ4n) is 1.73. The van der Waals surface area contributed by atoms with Gasteiger partial charge in [0.1, 0.15) is 5.84 Å². The van der Waals surface area contributed by atoms with Gasteiger partial charge in [0, 0.05) is 13.1 Å². The van der Waals surface area contributed by atoms with Crippen LogP contribution in [0.5, 0.6) is 0 Å². The molecule has 2 atom stereocenters. The lowest BCUT2D eigenvalue weighted by molar-refractivity contribution is 0.278. The van der Waals surface area contributed by atoms with Crippen LogP contribution in [-0.4, -0.2) is 37.7 Å². The lowest BCUT2D eigenvalue weighted by Crippen LogP contribution is -2.51. The molecule has 7 heteroatoms. The molecule has 0 saturated carbocycles. The van der Waals surface area contributed by atoms with Crippen molar-refractivity contribution in [3.8, 4) is 0 Å². The van der Waals surface area contributed by atoms with Gasteiger partial charge in [0.05, 0.1) is 6.04 Å². The Balaban J connectivity index is 2.66. The van der Waals surface area contributed by atoms with Crippen molar-refractivity contribution < 1.29 is 8.42 Å². The van der Waals surface area contributed by atoms with Gasteiger partial charge in [-0.1, -0.05) is 6.92 Å². The number of hydrogen-bond donors (Lipinski definition) is 3. The average molecular weight is 248 g/mol. The maximum absolute atomic E-state index is 11.9. The summed E-state index contributed by atoms with van der Waals surface area (Å²) in [4.78, 5) is 0. The van der Waals surface area contributed by atoms with Crippen molar-refractivity contribution in [1.29, 1.82) is 5.41 Å². The molecule has 0 bridgehead atoms. The Labute approximate surface area is 96.9 Å². The minimum atomic E-state index is -3.50. The number of rotatable bonds is 4. The van der Waals surface area contributed by atoms with Crippen LogP contribution in [0.15, 0.2) is 0 Å². The van der Waals surface area contributed by atoms with E-state index in [0.29, 0.717) is 19.0 Å². The van der Waals surface area contributed by atoms with Gasteiger partial charge >= 0.3 is 0 Å². The first kappa shape index (κ1) is 13.4. The van der Waals surface area contributed by atoms with Crippen molar-refractivity contribution in [2.45, 2.75) is 32.7 Å². The van der Waals surface area contributed by atoms with Crippen molar-refractivity contribution in [2.75, 3.05) is 13.1 Å². The quantitative estimate of drug-likeness (QED) is 0.477. The van der Waals surface area contributed by atoms with E-state index in [0.717, 1.165) is 12.8 Å². The van der Waals surface area contributed by atoms with Gasteiger partial charge in [-0.2, -0.15) is 17.4 Å². The number of hydrogen-bond acceptors (Lipinski definition) is 3. The van der Waals surface area contributed by atoms with E-state index in [1.54, 1.807) is 6.92 Å². The van der Waals surface area contributed by atoms with Crippen molar-refractivity contribution in [1.82, 2.24) is 9.03 Å². The second-order valence-electron chi connectivity index (χ2n) is 4.41. The zero-order valence-corrected chi connectivity index (χ0v) is 10.5. The van der Waals surface area contributed by atoms with Crippen LogP contribution in [0.25, 0.3) is 0 Å². The van der Waals surface area contributed by atoms with E-state index in [2.05, 4.69) is 4.72 Å². The fourth-order valence-corrected chi connectivity index (χ4v) is 3.27. The van der Waals surface area contributed by atoms with E-state index in [4.69, 9.17) is 11.1 Å². The molecular formula is C9H20N4O2S. The number of nitrogens with zero attached hydrogens (tertiary/aromatic N) is 1. The van der Waals surface area contributed by atoms with Gasteiger partial charge in [0.15, 0.2) is 0 Å². The van der Waals surface area contributed by atoms with Crippen LogP contribution in [-0.2, 0) is 10.2 Å². The van der Waals surface area contributed by atoms with E-state index in [-0.39, 0.29) is 5.84 Å². The van der Waals surface area contributed by atoms with Gasteiger partial charge in [-0.3, -0.25) is 5.41 Å². The van der Waals surface area contributed by atoms with Crippen molar-refractivity contribution >= 4 is 16.0 Å². The number of nitrogens with one attached hydrogen (secondary N) is 2. The number of piperidine rings is 1. The highest BCUT2D eigenvalue weighted by Crippen LogP contribution is 2.17. The van der Waals surface area contributed by atoms with E-state index in [9.17, 15) is 8.42 Å². The molecule has 16 heavy (non-hydrogen) atoms. The summed E-state index contributed by atoms with van der Waals surface area (Å²) >= 11 is 0. The highest BCUT2D eigenvalue weighted by molar-refractivity contribution is 7.87. The Morgan fingerprint density at radius 1 is 1.62 bits per heavy atom. The van der Waals surface area contributed by atoms with Crippen molar-refractivity contribution in [3.63, 3.8) is 0 Å². The molecule has 4 N–H and O–H groups in total. The van der Waals surface area contributed by atoms with Gasteiger partial charge in [0.2, 0.25) is 0 Å². The number of amidine groups is 1. The summed E-state index contributed by atoms with van der Waals surface area (Å²) in [6, 6.07) is -0.651. The second-order valence-corrected chi connectivity index (χ2v) is 6.11. The number of nitrogens with two attached hydrogens (primary N) is 1.